The highest BCUT2D eigenvalue weighted by atomic mass is 32.1. The minimum absolute atomic E-state index is 0.115. The Kier molecular flexibility index (Phi) is 4.10. The van der Waals surface area contributed by atoms with Crippen molar-refractivity contribution in [3.63, 3.8) is 0 Å². The number of carbonyl (C=O) groups is 1. The number of hydrogen-bond acceptors (Lipinski definition) is 3. The number of nitrogens with zero attached hydrogens (tertiary/aromatic N) is 2. The summed E-state index contributed by atoms with van der Waals surface area (Å²) in [6.45, 7) is 7.85. The molecule has 0 aliphatic carbocycles. The fourth-order valence-corrected chi connectivity index (χ4v) is 3.26. The molecule has 3 nitrogen and oxygen atoms in total. The van der Waals surface area contributed by atoms with E-state index in [-0.39, 0.29) is 5.91 Å². The first-order valence-corrected chi connectivity index (χ1v) is 8.33. The zero-order valence-electron chi connectivity index (χ0n) is 14.3. The van der Waals surface area contributed by atoms with Gasteiger partial charge < -0.3 is 0 Å². The Balaban J connectivity index is 1.96. The summed E-state index contributed by atoms with van der Waals surface area (Å²) in [4.78, 5) is 19.8. The second-order valence-electron chi connectivity index (χ2n) is 6.63. The zero-order valence-corrected chi connectivity index (χ0v) is 15.1. The van der Waals surface area contributed by atoms with Gasteiger partial charge in [0.05, 0.1) is 0 Å². The maximum atomic E-state index is 13.0. The number of carbonyl (C=O) groups excluding carboxylic acids is 1. The van der Waals surface area contributed by atoms with Crippen molar-refractivity contribution in [3.05, 3.63) is 70.8 Å². The Labute approximate surface area is 148 Å². The lowest BCUT2D eigenvalue weighted by atomic mass is 10.1. The van der Waals surface area contributed by atoms with Gasteiger partial charge >= 0.3 is 0 Å². The van der Waals surface area contributed by atoms with Gasteiger partial charge in [-0.2, -0.15) is 0 Å². The smallest absolute Gasteiger partial charge is 0.260 e. The molecule has 0 radical (unpaired) electrons. The van der Waals surface area contributed by atoms with E-state index in [2.05, 4.69) is 0 Å². The van der Waals surface area contributed by atoms with E-state index in [9.17, 15) is 4.79 Å². The molecule has 2 aromatic rings. The molecule has 0 unspecified atom stereocenters. The highest BCUT2D eigenvalue weighted by Gasteiger charge is 2.42. The number of amides is 1. The molecule has 1 aliphatic heterocycles. The quantitative estimate of drug-likeness (QED) is 0.766. The Morgan fingerprint density at radius 3 is 2.00 bits per heavy atom. The minimum Gasteiger partial charge on any atom is -0.272 e. The maximum absolute atomic E-state index is 13.0. The lowest BCUT2D eigenvalue weighted by Crippen LogP contribution is -2.46. The molecule has 24 heavy (non-hydrogen) atoms. The van der Waals surface area contributed by atoms with Crippen LogP contribution in [0.2, 0.25) is 0 Å². The van der Waals surface area contributed by atoms with Crippen molar-refractivity contribution in [2.45, 2.75) is 33.4 Å². The normalized spacial score (nSPS) is 16.2. The molecule has 0 N–H and O–H groups in total. The highest BCUT2D eigenvalue weighted by molar-refractivity contribution is 7.82. The Bertz CT molecular complexity index is 833. The summed E-state index contributed by atoms with van der Waals surface area (Å²) < 4.78 is 0. The molecule has 1 heterocycles. The molecule has 1 amide bonds. The molecule has 1 aliphatic rings. The van der Waals surface area contributed by atoms with Crippen LogP contribution in [-0.2, 0) is 0 Å². The van der Waals surface area contributed by atoms with Gasteiger partial charge in [0.25, 0.3) is 5.91 Å². The van der Waals surface area contributed by atoms with Gasteiger partial charge in [-0.1, -0.05) is 59.7 Å². The summed E-state index contributed by atoms with van der Waals surface area (Å²) >= 11 is 5.60. The van der Waals surface area contributed by atoms with E-state index in [1.165, 1.54) is 5.56 Å². The maximum Gasteiger partial charge on any atom is 0.260 e. The van der Waals surface area contributed by atoms with Gasteiger partial charge in [-0.05, 0) is 39.8 Å². The average molecular weight is 336 g/mol. The first kappa shape index (κ1) is 16.5. The molecule has 0 bridgehead atoms. The lowest BCUT2D eigenvalue weighted by Gasteiger charge is -2.29. The molecule has 4 heteroatoms. The second kappa shape index (κ2) is 5.95. The molecule has 3 rings (SSSR count). The van der Waals surface area contributed by atoms with Crippen LogP contribution in [0.25, 0.3) is 0 Å². The van der Waals surface area contributed by atoms with E-state index in [4.69, 9.17) is 17.2 Å². The van der Waals surface area contributed by atoms with Gasteiger partial charge in [0.2, 0.25) is 0 Å². The minimum atomic E-state index is -0.695. The SMILES string of the molecule is Cc1ccc(C(=O)N2C(=S)C(c3ccc(C)cc3)=NC2(C)C)cc1. The summed E-state index contributed by atoms with van der Waals surface area (Å²) in [5, 5.41) is 0. The number of aryl methyl sites for hydroxylation is 2. The summed E-state index contributed by atoms with van der Waals surface area (Å²) in [6.07, 6.45) is 0. The molecular weight excluding hydrogens is 316 g/mol. The van der Waals surface area contributed by atoms with Crippen molar-refractivity contribution in [2.24, 2.45) is 4.99 Å². The van der Waals surface area contributed by atoms with Crippen molar-refractivity contribution in [1.82, 2.24) is 4.90 Å². The molecule has 0 atom stereocenters. The fraction of sp³-hybridized carbons (Fsp3) is 0.250. The summed E-state index contributed by atoms with van der Waals surface area (Å²) in [5.74, 6) is -0.115. The fourth-order valence-electron chi connectivity index (χ4n) is 2.79. The number of aliphatic imine (C=N–C) groups is 1. The van der Waals surface area contributed by atoms with Crippen LogP contribution < -0.4 is 0 Å². The van der Waals surface area contributed by atoms with E-state index in [1.807, 2.05) is 76.2 Å². The topological polar surface area (TPSA) is 32.7 Å². The second-order valence-corrected chi connectivity index (χ2v) is 7.02. The molecule has 0 fully saturated rings. The predicted molar refractivity (Wildman–Crippen MR) is 102 cm³/mol. The predicted octanol–water partition coefficient (Wildman–Crippen LogP) is 4.31. The molecular formula is C20H20N2OS. The standard InChI is InChI=1S/C20H20N2OS/c1-13-5-9-15(10-6-13)17-19(24)22(20(3,4)21-17)18(23)16-11-7-14(2)8-12-16/h5-12H,1-4H3. The van der Waals surface area contributed by atoms with Crippen LogP contribution >= 0.6 is 12.2 Å². The first-order chi connectivity index (χ1) is 11.3. The largest absolute Gasteiger partial charge is 0.272 e. The monoisotopic (exact) mass is 336 g/mol. The van der Waals surface area contributed by atoms with Gasteiger partial charge in [0, 0.05) is 11.1 Å². The van der Waals surface area contributed by atoms with E-state index in [0.717, 1.165) is 11.1 Å². The van der Waals surface area contributed by atoms with E-state index in [1.54, 1.807) is 4.90 Å². The van der Waals surface area contributed by atoms with E-state index in [0.29, 0.717) is 16.3 Å². The summed E-state index contributed by atoms with van der Waals surface area (Å²) in [7, 11) is 0. The third kappa shape index (κ3) is 2.89. The number of hydrogen-bond donors (Lipinski definition) is 0. The van der Waals surface area contributed by atoms with Gasteiger partial charge in [0.1, 0.15) is 16.4 Å². The Morgan fingerprint density at radius 1 is 0.958 bits per heavy atom. The van der Waals surface area contributed by atoms with Crippen molar-refractivity contribution in [1.29, 1.82) is 0 Å². The van der Waals surface area contributed by atoms with Crippen molar-refractivity contribution < 1.29 is 4.79 Å². The van der Waals surface area contributed by atoms with E-state index >= 15 is 0 Å². The van der Waals surface area contributed by atoms with Crippen LogP contribution in [-0.4, -0.2) is 27.2 Å². The average Bonchev–Trinajstić information content (AvgIpc) is 2.78. The number of thiocarbonyl (C=S) groups is 1. The van der Waals surface area contributed by atoms with Crippen molar-refractivity contribution in [2.75, 3.05) is 0 Å². The third-order valence-electron chi connectivity index (χ3n) is 4.16. The van der Waals surface area contributed by atoms with Gasteiger partial charge in [-0.3, -0.25) is 14.7 Å². The Hall–Kier alpha value is -2.33. The van der Waals surface area contributed by atoms with Crippen LogP contribution in [0.3, 0.4) is 0 Å². The summed E-state index contributed by atoms with van der Waals surface area (Å²) in [6, 6.07) is 15.6. The molecule has 0 aromatic heterocycles. The van der Waals surface area contributed by atoms with Crippen LogP contribution in [0, 0.1) is 13.8 Å². The molecule has 0 saturated carbocycles. The first-order valence-electron chi connectivity index (χ1n) is 7.92. The molecule has 0 spiro atoms. The van der Waals surface area contributed by atoms with Crippen molar-refractivity contribution >= 4 is 28.8 Å². The van der Waals surface area contributed by atoms with Gasteiger partial charge in [0.15, 0.2) is 0 Å². The summed E-state index contributed by atoms with van der Waals surface area (Å²) in [5.41, 5.74) is 3.87. The number of benzene rings is 2. The lowest BCUT2D eigenvalue weighted by molar-refractivity contribution is 0.0758. The molecule has 122 valence electrons. The Morgan fingerprint density at radius 2 is 1.46 bits per heavy atom. The van der Waals surface area contributed by atoms with Crippen molar-refractivity contribution in [3.8, 4) is 0 Å². The third-order valence-corrected chi connectivity index (χ3v) is 4.54. The van der Waals surface area contributed by atoms with Gasteiger partial charge in [-0.15, -0.1) is 0 Å². The van der Waals surface area contributed by atoms with Crippen LogP contribution in [0.1, 0.15) is 40.9 Å². The highest BCUT2D eigenvalue weighted by Crippen LogP contribution is 2.29. The van der Waals surface area contributed by atoms with Crippen LogP contribution in [0.4, 0.5) is 0 Å². The molecule has 2 aromatic carbocycles. The van der Waals surface area contributed by atoms with Crippen LogP contribution in [0.15, 0.2) is 53.5 Å². The van der Waals surface area contributed by atoms with Crippen LogP contribution in [0.5, 0.6) is 0 Å². The van der Waals surface area contributed by atoms with E-state index < -0.39 is 5.66 Å². The van der Waals surface area contributed by atoms with Gasteiger partial charge in [-0.25, -0.2) is 0 Å². The molecule has 0 saturated heterocycles. The number of rotatable bonds is 2. The zero-order chi connectivity index (χ0) is 17.5.